The maximum absolute atomic E-state index is 13.1. The monoisotopic (exact) mass is 527 g/mol. The molecule has 0 saturated carbocycles. The van der Waals surface area contributed by atoms with E-state index in [0.29, 0.717) is 28.8 Å². The van der Waals surface area contributed by atoms with E-state index in [2.05, 4.69) is 18.4 Å². The van der Waals surface area contributed by atoms with E-state index in [0.717, 1.165) is 29.8 Å². The minimum absolute atomic E-state index is 0.0361. The van der Waals surface area contributed by atoms with Crippen LogP contribution in [-0.4, -0.2) is 77.6 Å². The van der Waals surface area contributed by atoms with Gasteiger partial charge in [-0.1, -0.05) is 23.9 Å². The number of carbonyl (C=O) groups excluding carboxylic acids is 4. The molecule has 1 N–H and O–H groups in total. The molecule has 3 heterocycles. The molecule has 9 nitrogen and oxygen atoms in total. The van der Waals surface area contributed by atoms with Crippen LogP contribution in [0.25, 0.3) is 0 Å². The molecule has 3 unspecified atom stereocenters. The van der Waals surface area contributed by atoms with Crippen LogP contribution >= 0.6 is 11.8 Å². The van der Waals surface area contributed by atoms with Gasteiger partial charge < -0.3 is 24.0 Å². The van der Waals surface area contributed by atoms with Crippen molar-refractivity contribution in [2.75, 3.05) is 25.9 Å². The van der Waals surface area contributed by atoms with E-state index in [4.69, 9.17) is 14.2 Å². The predicted molar refractivity (Wildman–Crippen MR) is 134 cm³/mol. The van der Waals surface area contributed by atoms with Crippen LogP contribution in [0.4, 0.5) is 0 Å². The van der Waals surface area contributed by atoms with Gasteiger partial charge in [-0.2, -0.15) is 0 Å². The van der Waals surface area contributed by atoms with Crippen molar-refractivity contribution in [3.05, 3.63) is 35.4 Å². The first-order valence-electron chi connectivity index (χ1n) is 12.8. The minimum Gasteiger partial charge on any atom is -0.481 e. The van der Waals surface area contributed by atoms with Gasteiger partial charge in [0.05, 0.1) is 25.0 Å². The molecule has 10 heteroatoms. The van der Waals surface area contributed by atoms with Crippen LogP contribution in [0, 0.1) is 5.92 Å². The first-order valence-corrected chi connectivity index (χ1v) is 13.8. The van der Waals surface area contributed by atoms with Crippen molar-refractivity contribution in [3.8, 4) is 11.5 Å². The minimum atomic E-state index is -0.566. The third-order valence-electron chi connectivity index (χ3n) is 8.84. The Bertz CT molecular complexity index is 1250. The van der Waals surface area contributed by atoms with E-state index >= 15 is 0 Å². The number of hydrogen-bond donors (Lipinski definition) is 1. The Labute approximate surface area is 219 Å². The lowest BCUT2D eigenvalue weighted by Gasteiger charge is -2.59. The van der Waals surface area contributed by atoms with Crippen molar-refractivity contribution in [2.45, 2.75) is 62.8 Å². The number of hydrogen-bond acceptors (Lipinski definition) is 8. The van der Waals surface area contributed by atoms with E-state index in [-0.39, 0.29) is 35.5 Å². The standard InChI is InChI=1S/C27H30N2O7S/c1-14(30)34-20-6-4-16-12-19-17-5-7-21(35-15(2)31)25-27(17,23(16)24(20)36-25)9-10-29(19,3)13-22(32)28-18-8-11-37-26(18)33/h4-7,17-19,21,25H,8-13H2,1-3H3/p+1/t17?,18?,19-,21+,25+,27+,29?/m1/s1. The van der Waals surface area contributed by atoms with Crippen LogP contribution in [0.15, 0.2) is 24.3 Å². The highest BCUT2D eigenvalue weighted by Gasteiger charge is 2.68. The number of likely N-dealkylation sites (N-methyl/N-ethyl adjacent to an activating group) is 1. The smallest absolute Gasteiger partial charge is 0.308 e. The topological polar surface area (TPSA) is 108 Å². The van der Waals surface area contributed by atoms with E-state index in [1.165, 1.54) is 25.6 Å². The number of amides is 1. The van der Waals surface area contributed by atoms with Gasteiger partial charge in [0.2, 0.25) is 5.12 Å². The SMILES string of the molecule is CC(=O)Oc1ccc2c3c1O[C@H]1[C@@H](OC(C)=O)C=CC4[C@@H](C2)[N+](C)(CC(=O)NC2CCSC2=O)CC[C@@]341. The summed E-state index contributed by atoms with van der Waals surface area (Å²) in [4.78, 5) is 49.0. The van der Waals surface area contributed by atoms with Gasteiger partial charge in [-0.3, -0.25) is 19.2 Å². The molecule has 3 aliphatic heterocycles. The number of quaternary nitrogens is 1. The number of ether oxygens (including phenoxy) is 3. The number of piperidine rings is 1. The van der Waals surface area contributed by atoms with Gasteiger partial charge in [0.25, 0.3) is 5.91 Å². The third-order valence-corrected chi connectivity index (χ3v) is 9.85. The predicted octanol–water partition coefficient (Wildman–Crippen LogP) is 1.65. The molecule has 0 aromatic heterocycles. The van der Waals surface area contributed by atoms with Gasteiger partial charge in [-0.15, -0.1) is 0 Å². The average molecular weight is 528 g/mol. The average Bonchev–Trinajstić information content (AvgIpc) is 3.39. The zero-order valence-corrected chi connectivity index (χ0v) is 22.0. The molecule has 2 fully saturated rings. The molecule has 1 aromatic rings. The second-order valence-electron chi connectivity index (χ2n) is 11.0. The highest BCUT2D eigenvalue weighted by atomic mass is 32.2. The second-order valence-corrected chi connectivity index (χ2v) is 12.1. The molecule has 2 aliphatic carbocycles. The zero-order valence-electron chi connectivity index (χ0n) is 21.2. The number of esters is 2. The van der Waals surface area contributed by atoms with Gasteiger partial charge in [0.1, 0.15) is 6.04 Å². The zero-order chi connectivity index (χ0) is 26.1. The number of rotatable bonds is 5. The summed E-state index contributed by atoms with van der Waals surface area (Å²) in [5, 5.41) is 3.00. The lowest BCUT2D eigenvalue weighted by atomic mass is 9.52. The van der Waals surface area contributed by atoms with Crippen molar-refractivity contribution < 1.29 is 37.9 Å². The molecule has 5 aliphatic rings. The molecule has 1 aromatic carbocycles. The van der Waals surface area contributed by atoms with Gasteiger partial charge in [0, 0.05) is 43.9 Å². The van der Waals surface area contributed by atoms with Gasteiger partial charge in [-0.05, 0) is 24.1 Å². The van der Waals surface area contributed by atoms with E-state index in [1.54, 1.807) is 6.07 Å². The van der Waals surface area contributed by atoms with Gasteiger partial charge in [0.15, 0.2) is 30.3 Å². The highest BCUT2D eigenvalue weighted by Crippen LogP contribution is 2.63. The summed E-state index contributed by atoms with van der Waals surface area (Å²) in [5.74, 6) is 0.819. The van der Waals surface area contributed by atoms with E-state index < -0.39 is 29.6 Å². The molecular weight excluding hydrogens is 496 g/mol. The van der Waals surface area contributed by atoms with Crippen LogP contribution in [0.2, 0.25) is 0 Å². The van der Waals surface area contributed by atoms with Crippen molar-refractivity contribution in [3.63, 3.8) is 0 Å². The summed E-state index contributed by atoms with van der Waals surface area (Å²) < 4.78 is 18.3. The van der Waals surface area contributed by atoms with Crippen LogP contribution in [0.1, 0.15) is 37.8 Å². The number of nitrogens with one attached hydrogen (secondary N) is 1. The molecule has 1 amide bonds. The second kappa shape index (κ2) is 8.59. The van der Waals surface area contributed by atoms with E-state index in [9.17, 15) is 19.2 Å². The Kier molecular flexibility index (Phi) is 5.69. The molecule has 2 bridgehead atoms. The molecular formula is C27H31N2O7S+. The Morgan fingerprint density at radius 1 is 1.22 bits per heavy atom. The fourth-order valence-electron chi connectivity index (χ4n) is 7.39. The van der Waals surface area contributed by atoms with E-state index in [1.807, 2.05) is 12.1 Å². The fraction of sp³-hybridized carbons (Fsp3) is 0.556. The Balaban J connectivity index is 1.39. The summed E-state index contributed by atoms with van der Waals surface area (Å²) in [5.41, 5.74) is 1.70. The van der Waals surface area contributed by atoms with Gasteiger partial charge in [-0.25, -0.2) is 0 Å². The van der Waals surface area contributed by atoms with Crippen molar-refractivity contribution in [2.24, 2.45) is 5.92 Å². The van der Waals surface area contributed by atoms with Crippen molar-refractivity contribution >= 4 is 34.7 Å². The summed E-state index contributed by atoms with van der Waals surface area (Å²) in [6.45, 7) is 3.76. The molecule has 196 valence electrons. The lowest BCUT2D eigenvalue weighted by molar-refractivity contribution is -0.936. The summed E-state index contributed by atoms with van der Waals surface area (Å²) in [7, 11) is 2.12. The Hall–Kier alpha value is -2.85. The molecule has 1 spiro atoms. The number of benzene rings is 1. The summed E-state index contributed by atoms with van der Waals surface area (Å²) >= 11 is 1.28. The van der Waals surface area contributed by atoms with Crippen LogP contribution in [0.5, 0.6) is 11.5 Å². The molecule has 7 atom stereocenters. The van der Waals surface area contributed by atoms with Crippen LogP contribution in [-0.2, 0) is 35.8 Å². The van der Waals surface area contributed by atoms with Gasteiger partial charge >= 0.3 is 11.9 Å². The first-order chi connectivity index (χ1) is 17.6. The summed E-state index contributed by atoms with van der Waals surface area (Å²) in [6, 6.07) is 3.46. The quantitative estimate of drug-likeness (QED) is 0.267. The Morgan fingerprint density at radius 3 is 2.73 bits per heavy atom. The summed E-state index contributed by atoms with van der Waals surface area (Å²) in [6.07, 6.45) is 5.16. The van der Waals surface area contributed by atoms with Crippen molar-refractivity contribution in [1.82, 2.24) is 5.32 Å². The molecule has 0 radical (unpaired) electrons. The molecule has 2 saturated heterocycles. The fourth-order valence-corrected chi connectivity index (χ4v) is 8.32. The third kappa shape index (κ3) is 3.71. The number of nitrogens with zero attached hydrogens (tertiary/aromatic N) is 1. The van der Waals surface area contributed by atoms with Crippen LogP contribution < -0.4 is 14.8 Å². The normalized spacial score (nSPS) is 36.4. The lowest BCUT2D eigenvalue weighted by Crippen LogP contribution is -2.72. The Morgan fingerprint density at radius 2 is 2.03 bits per heavy atom. The molecule has 6 rings (SSSR count). The maximum Gasteiger partial charge on any atom is 0.308 e. The molecule has 37 heavy (non-hydrogen) atoms. The largest absolute Gasteiger partial charge is 0.481 e. The van der Waals surface area contributed by atoms with Crippen molar-refractivity contribution in [1.29, 1.82) is 0 Å². The van der Waals surface area contributed by atoms with Crippen LogP contribution in [0.3, 0.4) is 0 Å². The number of carbonyl (C=O) groups is 4. The highest BCUT2D eigenvalue weighted by molar-refractivity contribution is 8.14. The number of likely N-dealkylation sites (tertiary alicyclic amines) is 1. The maximum atomic E-state index is 13.1. The first kappa shape index (κ1) is 24.5. The number of thioether (sulfide) groups is 1.